The Morgan fingerprint density at radius 1 is 1.38 bits per heavy atom. The number of halogens is 1. The van der Waals surface area contributed by atoms with Crippen molar-refractivity contribution in [2.45, 2.75) is 45.3 Å². The molecular formula is C13H20BrNO. The van der Waals surface area contributed by atoms with Crippen LogP contribution in [0.2, 0.25) is 0 Å². The van der Waals surface area contributed by atoms with Crippen molar-refractivity contribution in [2.75, 3.05) is 0 Å². The molecule has 0 bridgehead atoms. The third-order valence-electron chi connectivity index (χ3n) is 2.97. The number of rotatable bonds is 4. The van der Waals surface area contributed by atoms with Gasteiger partial charge in [0.25, 0.3) is 0 Å². The second kappa shape index (κ2) is 5.80. The molecule has 90 valence electrons. The van der Waals surface area contributed by atoms with E-state index in [-0.39, 0.29) is 6.04 Å². The van der Waals surface area contributed by atoms with E-state index < -0.39 is 6.10 Å². The predicted molar refractivity (Wildman–Crippen MR) is 71.6 cm³/mol. The van der Waals surface area contributed by atoms with E-state index in [1.54, 1.807) is 0 Å². The molecule has 1 aromatic rings. The van der Waals surface area contributed by atoms with E-state index in [4.69, 9.17) is 5.73 Å². The number of nitrogens with two attached hydrogens (primary N) is 1. The highest BCUT2D eigenvalue weighted by Gasteiger charge is 2.15. The summed E-state index contributed by atoms with van der Waals surface area (Å²) in [6.07, 6.45) is 0.266. The summed E-state index contributed by atoms with van der Waals surface area (Å²) in [6, 6.07) is 6.15. The van der Waals surface area contributed by atoms with Crippen LogP contribution in [-0.2, 0) is 0 Å². The zero-order valence-electron chi connectivity index (χ0n) is 10.1. The van der Waals surface area contributed by atoms with Gasteiger partial charge in [0.05, 0.1) is 6.10 Å². The fourth-order valence-corrected chi connectivity index (χ4v) is 2.03. The maximum atomic E-state index is 9.75. The van der Waals surface area contributed by atoms with Gasteiger partial charge in [-0.05, 0) is 43.4 Å². The van der Waals surface area contributed by atoms with Crippen LogP contribution in [-0.4, -0.2) is 17.3 Å². The van der Waals surface area contributed by atoms with Gasteiger partial charge in [-0.15, -0.1) is 0 Å². The second-order valence-electron chi connectivity index (χ2n) is 4.57. The zero-order chi connectivity index (χ0) is 12.3. The first kappa shape index (κ1) is 13.7. The van der Waals surface area contributed by atoms with Crippen LogP contribution in [0, 0.1) is 6.92 Å². The molecule has 0 aliphatic heterocycles. The minimum absolute atomic E-state index is 0.170. The van der Waals surface area contributed by atoms with Crippen molar-refractivity contribution >= 4 is 15.9 Å². The van der Waals surface area contributed by atoms with Crippen molar-refractivity contribution in [3.05, 3.63) is 33.8 Å². The largest absolute Gasteiger partial charge is 0.392 e. The third kappa shape index (κ3) is 3.58. The molecule has 2 nitrogen and oxygen atoms in total. The third-order valence-corrected chi connectivity index (χ3v) is 3.82. The fraction of sp³-hybridized carbons (Fsp3) is 0.538. The average Bonchev–Trinajstić information content (AvgIpc) is 2.21. The van der Waals surface area contributed by atoms with E-state index >= 15 is 0 Å². The molecule has 0 saturated heterocycles. The van der Waals surface area contributed by atoms with Gasteiger partial charge in [-0.25, -0.2) is 0 Å². The summed E-state index contributed by atoms with van der Waals surface area (Å²) < 4.78 is 1.12. The van der Waals surface area contributed by atoms with Gasteiger partial charge in [0.2, 0.25) is 0 Å². The first-order valence-electron chi connectivity index (χ1n) is 5.61. The van der Waals surface area contributed by atoms with E-state index in [1.807, 2.05) is 6.92 Å². The van der Waals surface area contributed by atoms with Gasteiger partial charge < -0.3 is 10.8 Å². The van der Waals surface area contributed by atoms with Crippen LogP contribution in [0.5, 0.6) is 0 Å². The Kier molecular flexibility index (Phi) is 4.96. The highest BCUT2D eigenvalue weighted by atomic mass is 79.9. The molecule has 0 aliphatic carbocycles. The molecule has 0 radical (unpaired) electrons. The van der Waals surface area contributed by atoms with Crippen LogP contribution >= 0.6 is 15.9 Å². The summed E-state index contributed by atoms with van der Waals surface area (Å²) in [6.45, 7) is 6.01. The molecule has 3 heteroatoms. The molecule has 0 amide bonds. The lowest BCUT2D eigenvalue weighted by Gasteiger charge is -2.20. The molecule has 0 spiro atoms. The first-order valence-corrected chi connectivity index (χ1v) is 6.40. The molecule has 3 unspecified atom stereocenters. The lowest BCUT2D eigenvalue weighted by Crippen LogP contribution is -2.32. The van der Waals surface area contributed by atoms with Crippen molar-refractivity contribution in [1.29, 1.82) is 0 Å². The van der Waals surface area contributed by atoms with Crippen LogP contribution < -0.4 is 5.73 Å². The van der Waals surface area contributed by atoms with Crippen LogP contribution in [0.25, 0.3) is 0 Å². The van der Waals surface area contributed by atoms with E-state index in [0.29, 0.717) is 12.3 Å². The summed E-state index contributed by atoms with van der Waals surface area (Å²) in [4.78, 5) is 0. The van der Waals surface area contributed by atoms with E-state index in [0.717, 1.165) is 4.47 Å². The normalized spacial score (nSPS) is 16.9. The molecular weight excluding hydrogens is 266 g/mol. The Morgan fingerprint density at radius 3 is 2.50 bits per heavy atom. The predicted octanol–water partition coefficient (Wildman–Crippen LogP) is 2.96. The highest BCUT2D eigenvalue weighted by molar-refractivity contribution is 9.10. The average molecular weight is 286 g/mol. The lowest BCUT2D eigenvalue weighted by atomic mass is 9.92. The minimum Gasteiger partial charge on any atom is -0.392 e. The zero-order valence-corrected chi connectivity index (χ0v) is 11.7. The van der Waals surface area contributed by atoms with Crippen LogP contribution in [0.3, 0.4) is 0 Å². The van der Waals surface area contributed by atoms with Crippen LogP contribution in [0.1, 0.15) is 37.3 Å². The Morgan fingerprint density at radius 2 is 2.00 bits per heavy atom. The number of aliphatic hydroxyl groups excluding tert-OH is 1. The molecule has 0 heterocycles. The van der Waals surface area contributed by atoms with E-state index in [2.05, 4.69) is 48.0 Å². The van der Waals surface area contributed by atoms with Gasteiger partial charge in [0.15, 0.2) is 0 Å². The standard InChI is InChI=1S/C13H20BrNO/c1-8-4-5-11(7-12(8)14)9(2)6-13(16)10(3)15/h4-5,7,9-10,13,16H,6,15H2,1-3H3. The minimum atomic E-state index is -0.435. The van der Waals surface area contributed by atoms with Gasteiger partial charge in [0, 0.05) is 10.5 Å². The lowest BCUT2D eigenvalue weighted by molar-refractivity contribution is 0.134. The van der Waals surface area contributed by atoms with E-state index in [1.165, 1.54) is 11.1 Å². The maximum absolute atomic E-state index is 9.75. The van der Waals surface area contributed by atoms with Gasteiger partial charge >= 0.3 is 0 Å². The highest BCUT2D eigenvalue weighted by Crippen LogP contribution is 2.26. The number of hydrogen-bond donors (Lipinski definition) is 2. The second-order valence-corrected chi connectivity index (χ2v) is 5.43. The molecule has 16 heavy (non-hydrogen) atoms. The molecule has 1 rings (SSSR count). The van der Waals surface area contributed by atoms with Crippen molar-refractivity contribution in [3.8, 4) is 0 Å². The quantitative estimate of drug-likeness (QED) is 0.894. The molecule has 0 aromatic heterocycles. The Labute approximate surface area is 106 Å². The number of aliphatic hydroxyl groups is 1. The Balaban J connectivity index is 2.73. The SMILES string of the molecule is Cc1ccc(C(C)CC(O)C(C)N)cc1Br. The summed E-state index contributed by atoms with van der Waals surface area (Å²) in [5, 5.41) is 9.75. The maximum Gasteiger partial charge on any atom is 0.0694 e. The molecule has 3 atom stereocenters. The topological polar surface area (TPSA) is 46.2 Å². The molecule has 0 saturated carbocycles. The van der Waals surface area contributed by atoms with Gasteiger partial charge in [0.1, 0.15) is 0 Å². The monoisotopic (exact) mass is 285 g/mol. The molecule has 0 aliphatic rings. The fourth-order valence-electron chi connectivity index (χ4n) is 1.63. The number of hydrogen-bond acceptors (Lipinski definition) is 2. The Bertz CT molecular complexity index is 352. The van der Waals surface area contributed by atoms with Gasteiger partial charge in [-0.3, -0.25) is 0 Å². The summed E-state index contributed by atoms with van der Waals surface area (Å²) in [5.41, 5.74) is 8.12. The molecule has 1 aromatic carbocycles. The van der Waals surface area contributed by atoms with Crippen molar-refractivity contribution in [1.82, 2.24) is 0 Å². The van der Waals surface area contributed by atoms with Crippen molar-refractivity contribution < 1.29 is 5.11 Å². The molecule has 0 fully saturated rings. The number of benzene rings is 1. The first-order chi connectivity index (χ1) is 7.41. The van der Waals surface area contributed by atoms with Crippen LogP contribution in [0.15, 0.2) is 22.7 Å². The van der Waals surface area contributed by atoms with Crippen molar-refractivity contribution in [3.63, 3.8) is 0 Å². The molecule has 3 N–H and O–H groups in total. The summed E-state index contributed by atoms with van der Waals surface area (Å²) in [5.74, 6) is 0.317. The van der Waals surface area contributed by atoms with Crippen molar-refractivity contribution in [2.24, 2.45) is 5.73 Å². The number of aryl methyl sites for hydroxylation is 1. The summed E-state index contributed by atoms with van der Waals surface area (Å²) >= 11 is 3.52. The summed E-state index contributed by atoms with van der Waals surface area (Å²) in [7, 11) is 0. The van der Waals surface area contributed by atoms with Gasteiger partial charge in [-0.1, -0.05) is 35.0 Å². The Hall–Kier alpha value is -0.380. The van der Waals surface area contributed by atoms with E-state index in [9.17, 15) is 5.11 Å². The smallest absolute Gasteiger partial charge is 0.0694 e. The van der Waals surface area contributed by atoms with Crippen LogP contribution in [0.4, 0.5) is 0 Å². The van der Waals surface area contributed by atoms with Gasteiger partial charge in [-0.2, -0.15) is 0 Å².